The van der Waals surface area contributed by atoms with Crippen LogP contribution in [0.1, 0.15) is 11.1 Å². The molecule has 1 aliphatic rings. The monoisotopic (exact) mass is 318 g/mol. The third-order valence-electron chi connectivity index (χ3n) is 4.89. The van der Waals surface area contributed by atoms with Crippen molar-refractivity contribution in [2.24, 2.45) is 0 Å². The molecule has 1 aliphatic heterocycles. The minimum absolute atomic E-state index is 0.981. The molecule has 0 saturated carbocycles. The molecule has 4 nitrogen and oxygen atoms in total. The molecule has 0 N–H and O–H groups in total. The third-order valence-corrected chi connectivity index (χ3v) is 4.89. The van der Waals surface area contributed by atoms with E-state index in [1.807, 2.05) is 0 Å². The van der Waals surface area contributed by atoms with E-state index in [1.165, 1.54) is 22.2 Å². The number of aromatic nitrogens is 2. The van der Waals surface area contributed by atoms with Crippen LogP contribution in [0, 0.1) is 13.8 Å². The summed E-state index contributed by atoms with van der Waals surface area (Å²) in [6.45, 7) is 8.32. The van der Waals surface area contributed by atoms with Gasteiger partial charge in [-0.15, -0.1) is 0 Å². The summed E-state index contributed by atoms with van der Waals surface area (Å²) in [5, 5.41) is 1.18. The molecule has 0 radical (unpaired) electrons. The molecular formula is C20H22N4. The Bertz CT molecular complexity index is 861. The minimum Gasteiger partial charge on any atom is -0.368 e. The van der Waals surface area contributed by atoms with Gasteiger partial charge in [0.05, 0.1) is 5.52 Å². The standard InChI is InChI=1S/C20H22N4/c1-15-6-3-4-9-18(15)23-10-12-24(13-11-23)20-19-16(2)7-5-8-17(19)21-14-22-20/h3-9,14H,10-13H2,1-2H3. The van der Waals surface area contributed by atoms with Gasteiger partial charge in [-0.3, -0.25) is 0 Å². The van der Waals surface area contributed by atoms with Gasteiger partial charge in [-0.1, -0.05) is 30.3 Å². The summed E-state index contributed by atoms with van der Waals surface area (Å²) in [4.78, 5) is 13.9. The highest BCUT2D eigenvalue weighted by Crippen LogP contribution is 2.28. The predicted octanol–water partition coefficient (Wildman–Crippen LogP) is 3.57. The average molecular weight is 318 g/mol. The van der Waals surface area contributed by atoms with Gasteiger partial charge < -0.3 is 9.80 Å². The quantitative estimate of drug-likeness (QED) is 0.723. The molecule has 0 amide bonds. The van der Waals surface area contributed by atoms with Gasteiger partial charge in [0.25, 0.3) is 0 Å². The Balaban J connectivity index is 1.60. The Hall–Kier alpha value is -2.62. The first-order valence-electron chi connectivity index (χ1n) is 8.50. The fraction of sp³-hybridized carbons (Fsp3) is 0.300. The lowest BCUT2D eigenvalue weighted by molar-refractivity contribution is 0.647. The van der Waals surface area contributed by atoms with Crippen molar-refractivity contribution in [2.45, 2.75) is 13.8 Å². The van der Waals surface area contributed by atoms with Crippen molar-refractivity contribution >= 4 is 22.4 Å². The minimum atomic E-state index is 0.981. The molecule has 3 aromatic rings. The first kappa shape index (κ1) is 14.9. The van der Waals surface area contributed by atoms with Crippen LogP contribution < -0.4 is 9.80 Å². The van der Waals surface area contributed by atoms with Crippen molar-refractivity contribution in [3.05, 3.63) is 59.9 Å². The van der Waals surface area contributed by atoms with Crippen molar-refractivity contribution in [2.75, 3.05) is 36.0 Å². The van der Waals surface area contributed by atoms with Gasteiger partial charge in [0, 0.05) is 37.3 Å². The molecule has 0 aliphatic carbocycles. The van der Waals surface area contributed by atoms with Crippen LogP contribution in [0.15, 0.2) is 48.8 Å². The van der Waals surface area contributed by atoms with E-state index in [0.29, 0.717) is 0 Å². The van der Waals surface area contributed by atoms with E-state index in [4.69, 9.17) is 0 Å². The van der Waals surface area contributed by atoms with Crippen LogP contribution in [0.3, 0.4) is 0 Å². The Kier molecular flexibility index (Phi) is 3.81. The summed E-state index contributed by atoms with van der Waals surface area (Å²) in [5.74, 6) is 1.07. The summed E-state index contributed by atoms with van der Waals surface area (Å²) in [6.07, 6.45) is 1.69. The largest absolute Gasteiger partial charge is 0.368 e. The van der Waals surface area contributed by atoms with Gasteiger partial charge in [0.15, 0.2) is 0 Å². The van der Waals surface area contributed by atoms with Gasteiger partial charge in [-0.25, -0.2) is 9.97 Å². The number of fused-ring (bicyclic) bond motifs is 1. The second-order valence-electron chi connectivity index (χ2n) is 6.43. The molecular weight excluding hydrogens is 296 g/mol. The molecule has 4 rings (SSSR count). The summed E-state index contributed by atoms with van der Waals surface area (Å²) in [6, 6.07) is 14.9. The van der Waals surface area contributed by atoms with Gasteiger partial charge in [-0.05, 0) is 37.1 Å². The van der Waals surface area contributed by atoms with Crippen LogP contribution in [0.2, 0.25) is 0 Å². The number of aryl methyl sites for hydroxylation is 2. The number of rotatable bonds is 2. The van der Waals surface area contributed by atoms with E-state index in [2.05, 4.69) is 76.1 Å². The van der Waals surface area contributed by atoms with E-state index in [0.717, 1.165) is 37.5 Å². The summed E-state index contributed by atoms with van der Waals surface area (Å²) >= 11 is 0. The van der Waals surface area contributed by atoms with E-state index >= 15 is 0 Å². The smallest absolute Gasteiger partial charge is 0.140 e. The topological polar surface area (TPSA) is 32.3 Å². The maximum absolute atomic E-state index is 4.60. The number of benzene rings is 2. The Labute approximate surface area is 142 Å². The van der Waals surface area contributed by atoms with Crippen LogP contribution in [-0.2, 0) is 0 Å². The molecule has 24 heavy (non-hydrogen) atoms. The highest BCUT2D eigenvalue weighted by Gasteiger charge is 2.21. The van der Waals surface area contributed by atoms with Crippen molar-refractivity contribution in [1.29, 1.82) is 0 Å². The SMILES string of the molecule is Cc1ccccc1N1CCN(c2ncnc3cccc(C)c23)CC1. The lowest BCUT2D eigenvalue weighted by atomic mass is 10.1. The Morgan fingerprint density at radius 1 is 0.750 bits per heavy atom. The summed E-state index contributed by atoms with van der Waals surface area (Å²) < 4.78 is 0. The van der Waals surface area contributed by atoms with Crippen LogP contribution in [0.5, 0.6) is 0 Å². The Morgan fingerprint density at radius 3 is 2.25 bits per heavy atom. The number of nitrogens with zero attached hydrogens (tertiary/aromatic N) is 4. The molecule has 4 heteroatoms. The maximum Gasteiger partial charge on any atom is 0.140 e. The zero-order valence-electron chi connectivity index (χ0n) is 14.2. The normalized spacial score (nSPS) is 15.1. The second kappa shape index (κ2) is 6.11. The predicted molar refractivity (Wildman–Crippen MR) is 99.9 cm³/mol. The van der Waals surface area contributed by atoms with Crippen LogP contribution in [0.25, 0.3) is 10.9 Å². The van der Waals surface area contributed by atoms with E-state index < -0.39 is 0 Å². The summed E-state index contributed by atoms with van der Waals surface area (Å²) in [7, 11) is 0. The van der Waals surface area contributed by atoms with Crippen molar-refractivity contribution in [3.8, 4) is 0 Å². The van der Waals surface area contributed by atoms with Crippen LogP contribution in [0.4, 0.5) is 11.5 Å². The molecule has 0 unspecified atom stereocenters. The zero-order valence-corrected chi connectivity index (χ0v) is 14.2. The molecule has 1 saturated heterocycles. The zero-order chi connectivity index (χ0) is 16.5. The number of para-hydroxylation sites is 1. The highest BCUT2D eigenvalue weighted by molar-refractivity contribution is 5.92. The molecule has 2 aromatic carbocycles. The van der Waals surface area contributed by atoms with Gasteiger partial charge in [0.2, 0.25) is 0 Å². The lowest BCUT2D eigenvalue weighted by Gasteiger charge is -2.37. The molecule has 2 heterocycles. The number of anilines is 2. The van der Waals surface area contributed by atoms with E-state index in [-0.39, 0.29) is 0 Å². The fourth-order valence-electron chi connectivity index (χ4n) is 3.58. The molecule has 0 bridgehead atoms. The van der Waals surface area contributed by atoms with Crippen molar-refractivity contribution < 1.29 is 0 Å². The molecule has 1 fully saturated rings. The van der Waals surface area contributed by atoms with Crippen LogP contribution >= 0.6 is 0 Å². The second-order valence-corrected chi connectivity index (χ2v) is 6.43. The molecule has 0 spiro atoms. The van der Waals surface area contributed by atoms with Gasteiger partial charge in [-0.2, -0.15) is 0 Å². The molecule has 0 atom stereocenters. The first-order valence-corrected chi connectivity index (χ1v) is 8.50. The number of hydrogen-bond acceptors (Lipinski definition) is 4. The van der Waals surface area contributed by atoms with Crippen molar-refractivity contribution in [1.82, 2.24) is 9.97 Å². The van der Waals surface area contributed by atoms with Gasteiger partial charge in [0.1, 0.15) is 12.1 Å². The average Bonchev–Trinajstić information content (AvgIpc) is 2.62. The fourth-order valence-corrected chi connectivity index (χ4v) is 3.58. The van der Waals surface area contributed by atoms with Gasteiger partial charge >= 0.3 is 0 Å². The van der Waals surface area contributed by atoms with E-state index in [1.54, 1.807) is 6.33 Å². The number of hydrogen-bond donors (Lipinski definition) is 0. The van der Waals surface area contributed by atoms with Crippen molar-refractivity contribution in [3.63, 3.8) is 0 Å². The maximum atomic E-state index is 4.60. The molecule has 122 valence electrons. The first-order chi connectivity index (χ1) is 11.7. The third kappa shape index (κ3) is 2.58. The Morgan fingerprint density at radius 2 is 1.46 bits per heavy atom. The number of piperazine rings is 1. The molecule has 1 aromatic heterocycles. The van der Waals surface area contributed by atoms with E-state index in [9.17, 15) is 0 Å². The highest BCUT2D eigenvalue weighted by atomic mass is 15.3. The van der Waals surface area contributed by atoms with Crippen LogP contribution in [-0.4, -0.2) is 36.1 Å². The summed E-state index contributed by atoms with van der Waals surface area (Å²) in [5.41, 5.74) is 4.96. The lowest BCUT2D eigenvalue weighted by Crippen LogP contribution is -2.47.